The van der Waals surface area contributed by atoms with Crippen LogP contribution in [0, 0.1) is 0 Å². The number of carbonyl (C=O) groups excluding carboxylic acids is 1. The number of aromatic nitrogens is 1. The molecule has 1 N–H and O–H groups in total. The standard InChI is InChI=1S/C31H34N2O6/c1-2-3-4-5-8-19-36-25-17-15-23(16-18-25)29(34)38-21-10-20-37-26-12-9-11-24(22-26)32-31-33-28-14-7-6-13-27(28)30(35)39-31/h6-7,9,11-18,22H,2-5,8,10,19-21H2,1H3,(H,32,33). The molecule has 4 aromatic rings. The van der Waals surface area contributed by atoms with Crippen molar-refractivity contribution in [2.24, 2.45) is 0 Å². The average Bonchev–Trinajstić information content (AvgIpc) is 2.95. The van der Waals surface area contributed by atoms with Crippen molar-refractivity contribution in [1.29, 1.82) is 0 Å². The third-order valence-electron chi connectivity index (χ3n) is 6.02. The molecule has 0 aliphatic rings. The maximum atomic E-state index is 12.3. The second-order valence-electron chi connectivity index (χ2n) is 9.10. The summed E-state index contributed by atoms with van der Waals surface area (Å²) in [4.78, 5) is 28.8. The number of hydrogen-bond donors (Lipinski definition) is 1. The molecule has 39 heavy (non-hydrogen) atoms. The van der Waals surface area contributed by atoms with Crippen LogP contribution in [-0.2, 0) is 4.74 Å². The molecule has 0 aliphatic heterocycles. The lowest BCUT2D eigenvalue weighted by molar-refractivity contribution is 0.0486. The smallest absolute Gasteiger partial charge is 0.348 e. The highest BCUT2D eigenvalue weighted by molar-refractivity contribution is 5.89. The monoisotopic (exact) mass is 530 g/mol. The Labute approximate surface area is 227 Å². The number of nitrogens with zero attached hydrogens (tertiary/aromatic N) is 1. The fourth-order valence-corrected chi connectivity index (χ4v) is 3.94. The van der Waals surface area contributed by atoms with Crippen LogP contribution in [0.3, 0.4) is 0 Å². The zero-order valence-electron chi connectivity index (χ0n) is 22.2. The molecule has 8 nitrogen and oxygen atoms in total. The van der Waals surface area contributed by atoms with Crippen molar-refractivity contribution in [3.63, 3.8) is 0 Å². The Morgan fingerprint density at radius 1 is 0.821 bits per heavy atom. The van der Waals surface area contributed by atoms with Gasteiger partial charge in [0, 0.05) is 18.2 Å². The zero-order valence-corrected chi connectivity index (χ0v) is 22.2. The Kier molecular flexibility index (Phi) is 10.3. The van der Waals surface area contributed by atoms with E-state index in [1.54, 1.807) is 48.5 Å². The maximum Gasteiger partial charge on any atom is 0.348 e. The van der Waals surface area contributed by atoms with Crippen LogP contribution < -0.4 is 20.4 Å². The number of anilines is 2. The highest BCUT2D eigenvalue weighted by Crippen LogP contribution is 2.21. The number of unbranched alkanes of at least 4 members (excludes halogenated alkanes) is 4. The molecule has 0 saturated heterocycles. The molecule has 4 rings (SSSR count). The lowest BCUT2D eigenvalue weighted by atomic mass is 10.2. The molecule has 0 atom stereocenters. The number of benzene rings is 3. The molecule has 0 unspecified atom stereocenters. The van der Waals surface area contributed by atoms with Gasteiger partial charge in [-0.2, -0.15) is 4.98 Å². The molecule has 1 heterocycles. The minimum Gasteiger partial charge on any atom is -0.494 e. The molecule has 0 saturated carbocycles. The first kappa shape index (κ1) is 27.7. The highest BCUT2D eigenvalue weighted by atomic mass is 16.5. The lowest BCUT2D eigenvalue weighted by Crippen LogP contribution is -2.09. The Hall–Kier alpha value is -4.33. The van der Waals surface area contributed by atoms with Crippen LogP contribution in [0.5, 0.6) is 11.5 Å². The van der Waals surface area contributed by atoms with Crippen molar-refractivity contribution in [3.05, 3.63) is 88.8 Å². The van der Waals surface area contributed by atoms with Crippen LogP contribution in [0.4, 0.5) is 11.7 Å². The summed E-state index contributed by atoms with van der Waals surface area (Å²) in [6.45, 7) is 3.49. The lowest BCUT2D eigenvalue weighted by Gasteiger charge is -2.10. The van der Waals surface area contributed by atoms with Crippen LogP contribution in [0.2, 0.25) is 0 Å². The summed E-state index contributed by atoms with van der Waals surface area (Å²) >= 11 is 0. The molecule has 0 aliphatic carbocycles. The molecular weight excluding hydrogens is 496 g/mol. The van der Waals surface area contributed by atoms with E-state index in [4.69, 9.17) is 18.6 Å². The fraction of sp³-hybridized carbons (Fsp3) is 0.323. The van der Waals surface area contributed by atoms with E-state index < -0.39 is 5.63 Å². The molecule has 0 spiro atoms. The van der Waals surface area contributed by atoms with Gasteiger partial charge in [0.2, 0.25) is 0 Å². The van der Waals surface area contributed by atoms with Crippen LogP contribution in [-0.4, -0.2) is 30.8 Å². The summed E-state index contributed by atoms with van der Waals surface area (Å²) < 4.78 is 22.2. The van der Waals surface area contributed by atoms with E-state index in [0.717, 1.165) is 12.2 Å². The quantitative estimate of drug-likeness (QED) is 0.131. The van der Waals surface area contributed by atoms with Gasteiger partial charge in [0.1, 0.15) is 11.5 Å². The minimum absolute atomic E-state index is 0.102. The third-order valence-corrected chi connectivity index (χ3v) is 6.02. The van der Waals surface area contributed by atoms with E-state index >= 15 is 0 Å². The Balaban J connectivity index is 1.17. The molecule has 0 fully saturated rings. The maximum absolute atomic E-state index is 12.3. The number of rotatable bonds is 15. The van der Waals surface area contributed by atoms with Crippen molar-refractivity contribution in [1.82, 2.24) is 4.98 Å². The van der Waals surface area contributed by atoms with E-state index in [1.807, 2.05) is 24.3 Å². The minimum atomic E-state index is -0.456. The molecule has 0 radical (unpaired) electrons. The first-order chi connectivity index (χ1) is 19.1. The molecule has 3 aromatic carbocycles. The predicted octanol–water partition coefficient (Wildman–Crippen LogP) is 6.91. The van der Waals surface area contributed by atoms with Gasteiger partial charge in [-0.15, -0.1) is 0 Å². The number of fused-ring (bicyclic) bond motifs is 1. The van der Waals surface area contributed by atoms with Gasteiger partial charge in [-0.25, -0.2) is 9.59 Å². The van der Waals surface area contributed by atoms with E-state index in [9.17, 15) is 9.59 Å². The molecule has 204 valence electrons. The fourth-order valence-electron chi connectivity index (χ4n) is 3.94. The summed E-state index contributed by atoms with van der Waals surface area (Å²) in [6.07, 6.45) is 6.47. The molecule has 0 bridgehead atoms. The summed E-state index contributed by atoms with van der Waals surface area (Å²) in [7, 11) is 0. The Bertz CT molecular complexity index is 1400. The zero-order chi connectivity index (χ0) is 27.3. The van der Waals surface area contributed by atoms with Crippen LogP contribution in [0.25, 0.3) is 10.9 Å². The molecule has 1 aromatic heterocycles. The van der Waals surface area contributed by atoms with E-state index in [-0.39, 0.29) is 18.6 Å². The number of carbonyl (C=O) groups is 1. The van der Waals surface area contributed by atoms with Gasteiger partial charge >= 0.3 is 17.6 Å². The topological polar surface area (TPSA) is 99.9 Å². The van der Waals surface area contributed by atoms with Gasteiger partial charge in [-0.1, -0.05) is 50.8 Å². The SMILES string of the molecule is CCCCCCCOc1ccc(C(=O)OCCCOc2cccc(Nc3nc4ccccc4c(=O)o3)c2)cc1. The van der Waals surface area contributed by atoms with Crippen LogP contribution >= 0.6 is 0 Å². The first-order valence-corrected chi connectivity index (χ1v) is 13.4. The Morgan fingerprint density at radius 2 is 1.59 bits per heavy atom. The van der Waals surface area contributed by atoms with E-state index in [0.29, 0.717) is 47.5 Å². The van der Waals surface area contributed by atoms with E-state index in [2.05, 4.69) is 17.2 Å². The van der Waals surface area contributed by atoms with Crippen LogP contribution in [0.15, 0.2) is 82.0 Å². The van der Waals surface area contributed by atoms with Gasteiger partial charge in [0.15, 0.2) is 0 Å². The molecule has 0 amide bonds. The second kappa shape index (κ2) is 14.6. The summed E-state index contributed by atoms with van der Waals surface area (Å²) in [5, 5.41) is 3.43. The normalized spacial score (nSPS) is 10.8. The largest absolute Gasteiger partial charge is 0.494 e. The van der Waals surface area contributed by atoms with Crippen molar-refractivity contribution in [2.45, 2.75) is 45.4 Å². The van der Waals surface area contributed by atoms with Gasteiger partial charge < -0.3 is 23.9 Å². The molecule has 8 heteroatoms. The number of ether oxygens (including phenoxy) is 3. The van der Waals surface area contributed by atoms with Crippen molar-refractivity contribution >= 4 is 28.6 Å². The molecular formula is C31H34N2O6. The summed E-state index contributed by atoms with van der Waals surface area (Å²) in [5.41, 5.74) is 1.24. The van der Waals surface area contributed by atoms with Gasteiger partial charge in [-0.3, -0.25) is 0 Å². The second-order valence-corrected chi connectivity index (χ2v) is 9.10. The van der Waals surface area contributed by atoms with E-state index in [1.165, 1.54) is 25.7 Å². The van der Waals surface area contributed by atoms with Crippen molar-refractivity contribution in [2.75, 3.05) is 25.1 Å². The number of nitrogens with one attached hydrogen (secondary N) is 1. The number of esters is 1. The number of para-hydroxylation sites is 1. The highest BCUT2D eigenvalue weighted by Gasteiger charge is 2.09. The van der Waals surface area contributed by atoms with Crippen LogP contribution in [0.1, 0.15) is 55.8 Å². The predicted molar refractivity (Wildman–Crippen MR) is 151 cm³/mol. The average molecular weight is 531 g/mol. The summed E-state index contributed by atoms with van der Waals surface area (Å²) in [5.74, 6) is 0.998. The summed E-state index contributed by atoms with van der Waals surface area (Å²) in [6, 6.07) is 21.4. The van der Waals surface area contributed by atoms with Gasteiger partial charge in [-0.05, 0) is 55.0 Å². The van der Waals surface area contributed by atoms with Crippen molar-refractivity contribution < 1.29 is 23.4 Å². The first-order valence-electron chi connectivity index (χ1n) is 13.4. The van der Waals surface area contributed by atoms with Gasteiger partial charge in [0.25, 0.3) is 0 Å². The van der Waals surface area contributed by atoms with Gasteiger partial charge in [0.05, 0.1) is 36.3 Å². The Morgan fingerprint density at radius 3 is 2.44 bits per heavy atom. The van der Waals surface area contributed by atoms with Crippen molar-refractivity contribution in [3.8, 4) is 11.5 Å². The third kappa shape index (κ3) is 8.60. The number of hydrogen-bond acceptors (Lipinski definition) is 8.